The Kier molecular flexibility index (Phi) is 6.27. The molecule has 1 N–H and O–H groups in total. The number of nitrogens with one attached hydrogen (secondary N) is 1. The maximum atomic E-state index is 12.3. The van der Waals surface area contributed by atoms with Gasteiger partial charge < -0.3 is 9.64 Å². The van der Waals surface area contributed by atoms with Crippen molar-refractivity contribution in [3.8, 4) is 0 Å². The fraction of sp³-hybridized carbons (Fsp3) is 0.933. The molecule has 0 radical (unpaired) electrons. The first-order chi connectivity index (χ1) is 8.96. The smallest absolute Gasteiger partial charge is 0.326 e. The first kappa shape index (κ1) is 16.4. The minimum absolute atomic E-state index is 0.110. The molecule has 112 valence electrons. The van der Waals surface area contributed by atoms with E-state index in [0.29, 0.717) is 18.7 Å². The number of hydrogen-bond donors (Lipinski definition) is 1. The van der Waals surface area contributed by atoms with Crippen LogP contribution in [0.3, 0.4) is 0 Å². The largest absolute Gasteiger partial charge is 0.465 e. The summed E-state index contributed by atoms with van der Waals surface area (Å²) in [5, 5.41) is 3.48. The summed E-state index contributed by atoms with van der Waals surface area (Å²) in [5.41, 5.74) is -0.556. The average Bonchev–Trinajstić information content (AvgIpc) is 3.14. The van der Waals surface area contributed by atoms with Crippen molar-refractivity contribution in [1.29, 1.82) is 0 Å². The van der Waals surface area contributed by atoms with Crippen LogP contribution in [-0.2, 0) is 9.53 Å². The van der Waals surface area contributed by atoms with E-state index in [4.69, 9.17) is 4.74 Å². The number of esters is 1. The lowest BCUT2D eigenvalue weighted by molar-refractivity contribution is -0.151. The molecule has 2 atom stereocenters. The van der Waals surface area contributed by atoms with E-state index in [9.17, 15) is 4.79 Å². The highest BCUT2D eigenvalue weighted by Gasteiger charge is 2.41. The molecule has 0 amide bonds. The molecule has 4 heteroatoms. The van der Waals surface area contributed by atoms with Crippen molar-refractivity contribution in [3.63, 3.8) is 0 Å². The summed E-state index contributed by atoms with van der Waals surface area (Å²) in [4.78, 5) is 14.6. The number of ether oxygens (including phenoxy) is 1. The van der Waals surface area contributed by atoms with E-state index in [2.05, 4.69) is 31.0 Å². The first-order valence-corrected chi connectivity index (χ1v) is 7.65. The van der Waals surface area contributed by atoms with Gasteiger partial charge in [-0.05, 0) is 53.1 Å². The molecule has 0 saturated heterocycles. The van der Waals surface area contributed by atoms with Crippen LogP contribution in [0, 0.1) is 0 Å². The highest BCUT2D eigenvalue weighted by Crippen LogP contribution is 2.26. The number of rotatable bonds is 9. The van der Waals surface area contributed by atoms with E-state index in [0.717, 1.165) is 19.5 Å². The molecule has 0 bridgehead atoms. The minimum atomic E-state index is -0.556. The van der Waals surface area contributed by atoms with Crippen LogP contribution in [0.2, 0.25) is 0 Å². The predicted octanol–water partition coefficient (Wildman–Crippen LogP) is 2.18. The molecule has 1 aliphatic rings. The quantitative estimate of drug-likeness (QED) is 0.652. The van der Waals surface area contributed by atoms with E-state index >= 15 is 0 Å². The second-order valence-electron chi connectivity index (χ2n) is 5.75. The molecular weight excluding hydrogens is 240 g/mol. The zero-order valence-electron chi connectivity index (χ0n) is 13.2. The fourth-order valence-corrected chi connectivity index (χ4v) is 2.74. The maximum Gasteiger partial charge on any atom is 0.326 e. The zero-order chi connectivity index (χ0) is 14.5. The van der Waals surface area contributed by atoms with Gasteiger partial charge in [0.15, 0.2) is 0 Å². The Hall–Kier alpha value is -0.610. The molecule has 1 saturated carbocycles. The highest BCUT2D eigenvalue weighted by atomic mass is 16.5. The number of hydrogen-bond acceptors (Lipinski definition) is 4. The van der Waals surface area contributed by atoms with Gasteiger partial charge in [-0.1, -0.05) is 13.8 Å². The van der Waals surface area contributed by atoms with Crippen LogP contribution in [0.15, 0.2) is 0 Å². The van der Waals surface area contributed by atoms with Crippen LogP contribution in [0.5, 0.6) is 0 Å². The molecule has 0 aromatic rings. The summed E-state index contributed by atoms with van der Waals surface area (Å²) >= 11 is 0. The van der Waals surface area contributed by atoms with Gasteiger partial charge in [-0.15, -0.1) is 0 Å². The van der Waals surface area contributed by atoms with Gasteiger partial charge in [0.25, 0.3) is 0 Å². The van der Waals surface area contributed by atoms with E-state index in [1.807, 2.05) is 13.8 Å². The SMILES string of the molecule is CCOC(=O)C(C)(CC(C)N(CC)CC)NC1CC1. The Labute approximate surface area is 117 Å². The Morgan fingerprint density at radius 1 is 1.37 bits per heavy atom. The lowest BCUT2D eigenvalue weighted by atomic mass is 9.92. The van der Waals surface area contributed by atoms with Crippen molar-refractivity contribution in [1.82, 2.24) is 10.2 Å². The molecule has 19 heavy (non-hydrogen) atoms. The third-order valence-electron chi connectivity index (χ3n) is 3.97. The Bertz CT molecular complexity index is 288. The van der Waals surface area contributed by atoms with Crippen molar-refractivity contribution in [2.75, 3.05) is 19.7 Å². The first-order valence-electron chi connectivity index (χ1n) is 7.65. The van der Waals surface area contributed by atoms with E-state index in [1.54, 1.807) is 0 Å². The topological polar surface area (TPSA) is 41.6 Å². The summed E-state index contributed by atoms with van der Waals surface area (Å²) in [5.74, 6) is -0.110. The number of nitrogens with zero attached hydrogens (tertiary/aromatic N) is 1. The van der Waals surface area contributed by atoms with Crippen LogP contribution in [0.1, 0.15) is 53.9 Å². The second kappa shape index (κ2) is 7.25. The van der Waals surface area contributed by atoms with Gasteiger partial charge in [0, 0.05) is 12.1 Å². The van der Waals surface area contributed by atoms with E-state index in [-0.39, 0.29) is 5.97 Å². The third-order valence-corrected chi connectivity index (χ3v) is 3.97. The van der Waals surface area contributed by atoms with E-state index in [1.165, 1.54) is 12.8 Å². The summed E-state index contributed by atoms with van der Waals surface area (Å²) < 4.78 is 5.26. The van der Waals surface area contributed by atoms with Gasteiger partial charge in [-0.25, -0.2) is 0 Å². The van der Waals surface area contributed by atoms with Crippen LogP contribution < -0.4 is 5.32 Å². The molecule has 2 unspecified atom stereocenters. The molecule has 0 spiro atoms. The molecule has 0 aromatic carbocycles. The van der Waals surface area contributed by atoms with Gasteiger partial charge in [-0.2, -0.15) is 0 Å². The van der Waals surface area contributed by atoms with Crippen LogP contribution in [0.25, 0.3) is 0 Å². The second-order valence-corrected chi connectivity index (χ2v) is 5.75. The van der Waals surface area contributed by atoms with Gasteiger partial charge in [0.2, 0.25) is 0 Å². The molecule has 0 heterocycles. The maximum absolute atomic E-state index is 12.3. The van der Waals surface area contributed by atoms with Gasteiger partial charge >= 0.3 is 5.97 Å². The summed E-state index contributed by atoms with van der Waals surface area (Å²) in [7, 11) is 0. The Morgan fingerprint density at radius 2 is 1.95 bits per heavy atom. The highest BCUT2D eigenvalue weighted by molar-refractivity contribution is 5.80. The summed E-state index contributed by atoms with van der Waals surface area (Å²) in [6.45, 7) is 12.8. The van der Waals surface area contributed by atoms with Crippen LogP contribution in [-0.4, -0.2) is 48.2 Å². The van der Waals surface area contributed by atoms with Crippen molar-refractivity contribution in [2.45, 2.75) is 71.5 Å². The molecule has 0 aliphatic heterocycles. The Morgan fingerprint density at radius 3 is 2.37 bits per heavy atom. The predicted molar refractivity (Wildman–Crippen MR) is 78.2 cm³/mol. The van der Waals surface area contributed by atoms with Crippen molar-refractivity contribution in [3.05, 3.63) is 0 Å². The third kappa shape index (κ3) is 4.77. The normalized spacial score (nSPS) is 20.1. The van der Waals surface area contributed by atoms with Gasteiger partial charge in [0.05, 0.1) is 6.61 Å². The van der Waals surface area contributed by atoms with Crippen LogP contribution >= 0.6 is 0 Å². The standard InChI is InChI=1S/C15H30N2O2/c1-6-17(7-2)12(4)11-15(5,14(18)19-8-3)16-13-9-10-13/h12-13,16H,6-11H2,1-5H3. The van der Waals surface area contributed by atoms with E-state index < -0.39 is 5.54 Å². The molecule has 4 nitrogen and oxygen atoms in total. The molecule has 1 rings (SSSR count). The van der Waals surface area contributed by atoms with Crippen molar-refractivity contribution >= 4 is 5.97 Å². The fourth-order valence-electron chi connectivity index (χ4n) is 2.74. The molecule has 0 aromatic heterocycles. The molecular formula is C15H30N2O2. The molecule has 1 fully saturated rings. The average molecular weight is 270 g/mol. The summed E-state index contributed by atoms with van der Waals surface area (Å²) in [6.07, 6.45) is 3.15. The minimum Gasteiger partial charge on any atom is -0.465 e. The lowest BCUT2D eigenvalue weighted by Crippen LogP contribution is -2.55. The monoisotopic (exact) mass is 270 g/mol. The van der Waals surface area contributed by atoms with Gasteiger partial charge in [0.1, 0.15) is 5.54 Å². The number of carbonyl (C=O) groups is 1. The lowest BCUT2D eigenvalue weighted by Gasteiger charge is -2.35. The summed E-state index contributed by atoms with van der Waals surface area (Å²) in [6, 6.07) is 0.869. The van der Waals surface area contributed by atoms with Crippen molar-refractivity contribution < 1.29 is 9.53 Å². The van der Waals surface area contributed by atoms with Crippen molar-refractivity contribution in [2.24, 2.45) is 0 Å². The molecule has 1 aliphatic carbocycles. The van der Waals surface area contributed by atoms with Crippen LogP contribution in [0.4, 0.5) is 0 Å². The zero-order valence-corrected chi connectivity index (χ0v) is 13.2. The van der Waals surface area contributed by atoms with Gasteiger partial charge in [-0.3, -0.25) is 10.1 Å². The number of carbonyl (C=O) groups excluding carboxylic acids is 1. The Balaban J connectivity index is 2.69.